The van der Waals surface area contributed by atoms with Crippen LogP contribution >= 0.6 is 35.3 Å². The molecule has 146 valence electrons. The third-order valence-corrected chi connectivity index (χ3v) is 4.42. The van der Waals surface area contributed by atoms with Crippen LogP contribution in [0, 0.1) is 6.92 Å². The molecule has 6 nitrogen and oxygen atoms in total. The van der Waals surface area contributed by atoms with E-state index in [9.17, 15) is 13.2 Å². The second-order valence-electron chi connectivity index (χ2n) is 5.61. The highest BCUT2D eigenvalue weighted by atomic mass is 127. The van der Waals surface area contributed by atoms with Gasteiger partial charge in [0.1, 0.15) is 10.7 Å². The summed E-state index contributed by atoms with van der Waals surface area (Å²) in [6, 6.07) is 3.98. The van der Waals surface area contributed by atoms with Gasteiger partial charge in [0.25, 0.3) is 0 Å². The standard InChI is InChI=1S/C16H17F3N6S.HI/c1-10-3-4-25-8-11(23-13(25)5-10)6-21-15(20-2)22-7-14-24-12(9-26-14)16(17,18)19;/h3-5,8-9H,6-7H2,1-2H3,(H2,20,21,22);1H. The van der Waals surface area contributed by atoms with Crippen LogP contribution in [0.3, 0.4) is 0 Å². The molecule has 27 heavy (non-hydrogen) atoms. The first kappa shape index (κ1) is 21.4. The number of aromatic nitrogens is 3. The van der Waals surface area contributed by atoms with Gasteiger partial charge in [0.05, 0.1) is 18.8 Å². The Hall–Kier alpha value is -1.89. The van der Waals surface area contributed by atoms with Crippen molar-refractivity contribution in [2.45, 2.75) is 26.2 Å². The van der Waals surface area contributed by atoms with Gasteiger partial charge in [0.15, 0.2) is 11.7 Å². The van der Waals surface area contributed by atoms with Gasteiger partial charge in [0.2, 0.25) is 0 Å². The number of nitrogens with one attached hydrogen (secondary N) is 2. The molecule has 3 aromatic heterocycles. The zero-order valence-electron chi connectivity index (χ0n) is 14.5. The van der Waals surface area contributed by atoms with Crippen molar-refractivity contribution in [2.24, 2.45) is 4.99 Å². The predicted octanol–water partition coefficient (Wildman–Crippen LogP) is 3.60. The summed E-state index contributed by atoms with van der Waals surface area (Å²) in [5.74, 6) is 0.460. The fraction of sp³-hybridized carbons (Fsp3) is 0.312. The number of hydrogen-bond donors (Lipinski definition) is 2. The van der Waals surface area contributed by atoms with E-state index >= 15 is 0 Å². The lowest BCUT2D eigenvalue weighted by Gasteiger charge is -2.09. The number of aryl methyl sites for hydroxylation is 1. The molecular weight excluding hydrogens is 492 g/mol. The van der Waals surface area contributed by atoms with Gasteiger partial charge in [-0.15, -0.1) is 35.3 Å². The van der Waals surface area contributed by atoms with E-state index in [1.165, 1.54) is 0 Å². The molecule has 0 spiro atoms. The second-order valence-corrected chi connectivity index (χ2v) is 6.55. The Kier molecular flexibility index (Phi) is 7.03. The van der Waals surface area contributed by atoms with Gasteiger partial charge in [-0.05, 0) is 24.6 Å². The molecule has 0 aliphatic rings. The van der Waals surface area contributed by atoms with E-state index in [-0.39, 0.29) is 30.5 Å². The summed E-state index contributed by atoms with van der Waals surface area (Å²) in [5.41, 5.74) is 1.93. The SMILES string of the molecule is CN=C(NCc1cn2ccc(C)cc2n1)NCc1nc(C(F)(F)F)cs1.I. The first-order chi connectivity index (χ1) is 12.3. The zero-order chi connectivity index (χ0) is 18.7. The molecule has 0 aromatic carbocycles. The lowest BCUT2D eigenvalue weighted by atomic mass is 10.3. The average Bonchev–Trinajstić information content (AvgIpc) is 3.20. The van der Waals surface area contributed by atoms with Gasteiger partial charge in [-0.25, -0.2) is 9.97 Å². The number of hydrogen-bond acceptors (Lipinski definition) is 4. The van der Waals surface area contributed by atoms with Gasteiger partial charge in [-0.3, -0.25) is 4.99 Å². The summed E-state index contributed by atoms with van der Waals surface area (Å²) >= 11 is 0.956. The van der Waals surface area contributed by atoms with Gasteiger partial charge in [0, 0.05) is 24.8 Å². The van der Waals surface area contributed by atoms with E-state index in [0.29, 0.717) is 17.5 Å². The predicted molar refractivity (Wildman–Crippen MR) is 109 cm³/mol. The minimum absolute atomic E-state index is 0. The van der Waals surface area contributed by atoms with Crippen LogP contribution in [0.15, 0.2) is 34.9 Å². The maximum Gasteiger partial charge on any atom is 0.434 e. The number of thiazole rings is 1. The molecule has 0 aliphatic heterocycles. The van der Waals surface area contributed by atoms with E-state index in [1.807, 2.05) is 35.9 Å². The third-order valence-electron chi connectivity index (χ3n) is 3.58. The molecule has 0 bridgehead atoms. The fourth-order valence-electron chi connectivity index (χ4n) is 2.30. The monoisotopic (exact) mass is 510 g/mol. The number of aliphatic imine (C=N–C) groups is 1. The molecule has 0 unspecified atom stereocenters. The number of alkyl halides is 3. The molecule has 0 fully saturated rings. The topological polar surface area (TPSA) is 66.6 Å². The van der Waals surface area contributed by atoms with Crippen molar-refractivity contribution in [3.63, 3.8) is 0 Å². The summed E-state index contributed by atoms with van der Waals surface area (Å²) in [6.45, 7) is 2.60. The van der Waals surface area contributed by atoms with E-state index in [1.54, 1.807) is 7.05 Å². The minimum Gasteiger partial charge on any atom is -0.351 e. The Morgan fingerprint density at radius 2 is 2.00 bits per heavy atom. The van der Waals surface area contributed by atoms with Gasteiger partial charge >= 0.3 is 6.18 Å². The molecule has 0 amide bonds. The molecule has 0 saturated heterocycles. The van der Waals surface area contributed by atoms with Crippen LogP contribution < -0.4 is 10.6 Å². The molecular formula is C16H18F3IN6S. The Bertz CT molecular complexity index is 934. The molecule has 0 aliphatic carbocycles. The van der Waals surface area contributed by atoms with Gasteiger partial charge < -0.3 is 15.0 Å². The Balaban J connectivity index is 0.00000261. The summed E-state index contributed by atoms with van der Waals surface area (Å²) < 4.78 is 39.6. The van der Waals surface area contributed by atoms with E-state index in [4.69, 9.17) is 0 Å². The molecule has 2 N–H and O–H groups in total. The quantitative estimate of drug-likeness (QED) is 0.320. The third kappa shape index (κ3) is 5.54. The molecule has 3 rings (SSSR count). The highest BCUT2D eigenvalue weighted by Crippen LogP contribution is 2.29. The van der Waals surface area contributed by atoms with Crippen molar-refractivity contribution < 1.29 is 13.2 Å². The summed E-state index contributed by atoms with van der Waals surface area (Å²) in [6.07, 6.45) is -0.573. The van der Waals surface area contributed by atoms with Crippen LogP contribution in [-0.4, -0.2) is 27.4 Å². The highest BCUT2D eigenvalue weighted by molar-refractivity contribution is 14.0. The summed E-state index contributed by atoms with van der Waals surface area (Å²) in [4.78, 5) is 12.1. The number of nitrogens with zero attached hydrogens (tertiary/aromatic N) is 4. The Labute approximate surface area is 175 Å². The smallest absolute Gasteiger partial charge is 0.351 e. The number of imidazole rings is 1. The summed E-state index contributed by atoms with van der Waals surface area (Å²) in [7, 11) is 1.59. The number of fused-ring (bicyclic) bond motifs is 1. The highest BCUT2D eigenvalue weighted by Gasteiger charge is 2.33. The van der Waals surface area contributed by atoms with Crippen molar-refractivity contribution in [3.8, 4) is 0 Å². The average molecular weight is 510 g/mol. The van der Waals surface area contributed by atoms with Crippen molar-refractivity contribution >= 4 is 46.9 Å². The Morgan fingerprint density at radius 1 is 1.26 bits per heavy atom. The number of rotatable bonds is 4. The first-order valence-corrected chi connectivity index (χ1v) is 8.63. The van der Waals surface area contributed by atoms with Crippen LogP contribution in [0.1, 0.15) is 22.0 Å². The lowest BCUT2D eigenvalue weighted by molar-refractivity contribution is -0.140. The van der Waals surface area contributed by atoms with Crippen molar-refractivity contribution in [2.75, 3.05) is 7.05 Å². The van der Waals surface area contributed by atoms with Crippen LogP contribution in [0.5, 0.6) is 0 Å². The number of guanidine groups is 1. The Morgan fingerprint density at radius 3 is 2.67 bits per heavy atom. The van der Waals surface area contributed by atoms with E-state index in [2.05, 4.69) is 25.6 Å². The lowest BCUT2D eigenvalue weighted by Crippen LogP contribution is -2.36. The normalized spacial score (nSPS) is 12.1. The molecule has 3 heterocycles. The van der Waals surface area contributed by atoms with Crippen molar-refractivity contribution in [1.29, 1.82) is 0 Å². The zero-order valence-corrected chi connectivity index (χ0v) is 17.7. The molecule has 0 radical (unpaired) electrons. The number of halogens is 4. The first-order valence-electron chi connectivity index (χ1n) is 7.75. The molecule has 3 aromatic rings. The van der Waals surface area contributed by atoms with Gasteiger partial charge in [-0.1, -0.05) is 0 Å². The maximum atomic E-state index is 12.6. The second kappa shape index (κ2) is 8.87. The molecule has 0 saturated carbocycles. The van der Waals surface area contributed by atoms with Crippen LogP contribution in [0.25, 0.3) is 5.65 Å². The van der Waals surface area contributed by atoms with Crippen LogP contribution in [0.2, 0.25) is 0 Å². The van der Waals surface area contributed by atoms with Crippen molar-refractivity contribution in [1.82, 2.24) is 25.0 Å². The molecule has 11 heteroatoms. The molecule has 0 atom stereocenters. The van der Waals surface area contributed by atoms with E-state index in [0.717, 1.165) is 33.6 Å². The van der Waals surface area contributed by atoms with Gasteiger partial charge in [-0.2, -0.15) is 13.2 Å². The largest absolute Gasteiger partial charge is 0.434 e. The minimum atomic E-state index is -4.42. The number of pyridine rings is 1. The fourth-order valence-corrected chi connectivity index (χ4v) is 3.04. The van der Waals surface area contributed by atoms with Crippen molar-refractivity contribution in [3.05, 3.63) is 51.9 Å². The summed E-state index contributed by atoms with van der Waals surface area (Å²) in [5, 5.41) is 7.38. The van der Waals surface area contributed by atoms with E-state index < -0.39 is 11.9 Å². The maximum absolute atomic E-state index is 12.6. The van der Waals surface area contributed by atoms with Crippen LogP contribution in [0.4, 0.5) is 13.2 Å². The van der Waals surface area contributed by atoms with Crippen LogP contribution in [-0.2, 0) is 19.3 Å².